The van der Waals surface area contributed by atoms with E-state index in [4.69, 9.17) is 16.3 Å². The SMILES string of the molecule is Cc1nc2cc(COC(=O)Nc3sc(-c4ccc(Cl)cc4C)nc3C)ccc2s1. The van der Waals surface area contributed by atoms with Crippen molar-refractivity contribution in [1.82, 2.24) is 9.97 Å². The number of nitrogens with zero attached hydrogens (tertiary/aromatic N) is 2. The lowest BCUT2D eigenvalue weighted by atomic mass is 10.1. The molecule has 2 aromatic heterocycles. The number of halogens is 1. The van der Waals surface area contributed by atoms with Crippen molar-refractivity contribution in [2.24, 2.45) is 0 Å². The highest BCUT2D eigenvalue weighted by Gasteiger charge is 2.14. The average Bonchev–Trinajstić information content (AvgIpc) is 3.21. The molecule has 0 aliphatic rings. The molecule has 0 bridgehead atoms. The second-order valence-electron chi connectivity index (χ2n) is 6.63. The van der Waals surface area contributed by atoms with Gasteiger partial charge in [-0.05, 0) is 56.2 Å². The second kappa shape index (κ2) is 8.10. The van der Waals surface area contributed by atoms with Crippen LogP contribution in [0.15, 0.2) is 36.4 Å². The Morgan fingerprint density at radius 1 is 1.10 bits per heavy atom. The average molecular weight is 444 g/mol. The summed E-state index contributed by atoms with van der Waals surface area (Å²) < 4.78 is 6.51. The number of aromatic nitrogens is 2. The van der Waals surface area contributed by atoms with E-state index in [1.54, 1.807) is 11.3 Å². The minimum atomic E-state index is -0.509. The van der Waals surface area contributed by atoms with Crippen molar-refractivity contribution in [3.8, 4) is 10.6 Å². The Balaban J connectivity index is 1.43. The topological polar surface area (TPSA) is 64.1 Å². The summed E-state index contributed by atoms with van der Waals surface area (Å²) in [5, 5.41) is 6.00. The molecular weight excluding hydrogens is 426 g/mol. The maximum atomic E-state index is 12.3. The summed E-state index contributed by atoms with van der Waals surface area (Å²) in [6.07, 6.45) is -0.509. The fraction of sp³-hybridized carbons (Fsp3) is 0.190. The molecule has 8 heteroatoms. The van der Waals surface area contributed by atoms with Crippen LogP contribution in [0.25, 0.3) is 20.8 Å². The van der Waals surface area contributed by atoms with Gasteiger partial charge in [-0.25, -0.2) is 14.8 Å². The van der Waals surface area contributed by atoms with Gasteiger partial charge in [-0.15, -0.1) is 11.3 Å². The number of aryl methyl sites for hydroxylation is 3. The first-order valence-electron chi connectivity index (χ1n) is 8.93. The number of anilines is 1. The van der Waals surface area contributed by atoms with Gasteiger partial charge >= 0.3 is 6.09 Å². The Morgan fingerprint density at radius 2 is 1.93 bits per heavy atom. The number of carbonyl (C=O) groups is 1. The number of ether oxygens (including phenoxy) is 1. The normalized spacial score (nSPS) is 11.0. The van der Waals surface area contributed by atoms with Gasteiger partial charge in [0, 0.05) is 10.6 Å². The van der Waals surface area contributed by atoms with Crippen molar-refractivity contribution in [1.29, 1.82) is 0 Å². The Kier molecular flexibility index (Phi) is 5.54. The molecule has 0 aliphatic heterocycles. The van der Waals surface area contributed by atoms with Crippen molar-refractivity contribution in [3.63, 3.8) is 0 Å². The maximum absolute atomic E-state index is 12.3. The van der Waals surface area contributed by atoms with Gasteiger partial charge in [0.05, 0.1) is 20.9 Å². The Bertz CT molecular complexity index is 1220. The highest BCUT2D eigenvalue weighted by atomic mass is 35.5. The van der Waals surface area contributed by atoms with Crippen molar-refractivity contribution in [2.45, 2.75) is 27.4 Å². The van der Waals surface area contributed by atoms with E-state index >= 15 is 0 Å². The molecule has 2 heterocycles. The summed E-state index contributed by atoms with van der Waals surface area (Å²) in [4.78, 5) is 21.3. The molecule has 0 fully saturated rings. The van der Waals surface area contributed by atoms with Crippen LogP contribution in [0.3, 0.4) is 0 Å². The van der Waals surface area contributed by atoms with Gasteiger partial charge in [0.25, 0.3) is 0 Å². The molecule has 0 unspecified atom stereocenters. The molecule has 0 saturated heterocycles. The van der Waals surface area contributed by atoms with E-state index in [9.17, 15) is 4.79 Å². The third-order valence-corrected chi connectivity index (χ3v) is 6.65. The van der Waals surface area contributed by atoms with Gasteiger partial charge < -0.3 is 4.74 Å². The van der Waals surface area contributed by atoms with Crippen LogP contribution in [0, 0.1) is 20.8 Å². The van der Waals surface area contributed by atoms with Crippen LogP contribution in [0.2, 0.25) is 5.02 Å². The highest BCUT2D eigenvalue weighted by molar-refractivity contribution is 7.19. The lowest BCUT2D eigenvalue weighted by Gasteiger charge is -2.06. The summed E-state index contributed by atoms with van der Waals surface area (Å²) in [6.45, 7) is 6.00. The summed E-state index contributed by atoms with van der Waals surface area (Å²) >= 11 is 9.09. The van der Waals surface area contributed by atoms with E-state index in [2.05, 4.69) is 15.3 Å². The Hall–Kier alpha value is -2.48. The van der Waals surface area contributed by atoms with Gasteiger partial charge in [0.1, 0.15) is 16.6 Å². The fourth-order valence-electron chi connectivity index (χ4n) is 2.95. The van der Waals surface area contributed by atoms with Crippen LogP contribution < -0.4 is 5.32 Å². The first kappa shape index (κ1) is 19.8. The minimum Gasteiger partial charge on any atom is -0.444 e. The highest BCUT2D eigenvalue weighted by Crippen LogP contribution is 2.34. The fourth-order valence-corrected chi connectivity index (χ4v) is 5.03. The smallest absolute Gasteiger partial charge is 0.412 e. The maximum Gasteiger partial charge on any atom is 0.412 e. The number of hydrogen-bond donors (Lipinski definition) is 1. The third kappa shape index (κ3) is 4.42. The molecule has 29 heavy (non-hydrogen) atoms. The largest absolute Gasteiger partial charge is 0.444 e. The molecular formula is C21H18ClN3O2S2. The van der Waals surface area contributed by atoms with E-state index in [0.29, 0.717) is 10.0 Å². The van der Waals surface area contributed by atoms with E-state index in [1.807, 2.05) is 57.2 Å². The molecule has 1 amide bonds. The third-order valence-electron chi connectivity index (χ3n) is 4.36. The van der Waals surface area contributed by atoms with Crippen molar-refractivity contribution < 1.29 is 9.53 Å². The number of thiazole rings is 2. The zero-order chi connectivity index (χ0) is 20.5. The molecule has 1 N–H and O–H groups in total. The van der Waals surface area contributed by atoms with E-state index < -0.39 is 6.09 Å². The van der Waals surface area contributed by atoms with Crippen molar-refractivity contribution in [3.05, 3.63) is 63.2 Å². The number of carbonyl (C=O) groups excluding carboxylic acids is 1. The number of benzene rings is 2. The Morgan fingerprint density at radius 3 is 2.72 bits per heavy atom. The lowest BCUT2D eigenvalue weighted by molar-refractivity contribution is 0.155. The molecule has 2 aromatic carbocycles. The van der Waals surface area contributed by atoms with Crippen LogP contribution in [-0.4, -0.2) is 16.1 Å². The Labute approximate surface area is 181 Å². The van der Waals surface area contributed by atoms with Crippen LogP contribution >= 0.6 is 34.3 Å². The van der Waals surface area contributed by atoms with Gasteiger partial charge in [-0.3, -0.25) is 5.32 Å². The summed E-state index contributed by atoms with van der Waals surface area (Å²) in [5.74, 6) is 0. The molecule has 5 nitrogen and oxygen atoms in total. The van der Waals surface area contributed by atoms with E-state index in [-0.39, 0.29) is 6.61 Å². The number of amides is 1. The summed E-state index contributed by atoms with van der Waals surface area (Å²) in [6, 6.07) is 11.6. The standard InChI is InChI=1S/C21H18ClN3O2S2/c1-11-8-15(22)5-6-16(11)20-23-12(2)19(29-20)25-21(26)27-10-14-4-7-18-17(9-14)24-13(3)28-18/h4-9H,10H2,1-3H3,(H,25,26). The molecule has 148 valence electrons. The summed E-state index contributed by atoms with van der Waals surface area (Å²) in [7, 11) is 0. The summed E-state index contributed by atoms with van der Waals surface area (Å²) in [5.41, 5.74) is 4.60. The first-order chi connectivity index (χ1) is 13.9. The minimum absolute atomic E-state index is 0.180. The molecule has 4 aromatic rings. The van der Waals surface area contributed by atoms with Crippen LogP contribution in [0.4, 0.5) is 9.80 Å². The quantitative estimate of drug-likeness (QED) is 0.379. The molecule has 0 aliphatic carbocycles. The van der Waals surface area contributed by atoms with Gasteiger partial charge in [-0.2, -0.15) is 0 Å². The van der Waals surface area contributed by atoms with E-state index in [1.165, 1.54) is 11.3 Å². The molecule has 0 spiro atoms. The molecule has 0 radical (unpaired) electrons. The lowest BCUT2D eigenvalue weighted by Crippen LogP contribution is -2.13. The molecule has 4 rings (SSSR count). The molecule has 0 saturated carbocycles. The zero-order valence-electron chi connectivity index (χ0n) is 16.1. The number of nitrogens with one attached hydrogen (secondary N) is 1. The second-order valence-corrected chi connectivity index (χ2v) is 9.30. The van der Waals surface area contributed by atoms with Gasteiger partial charge in [0.2, 0.25) is 0 Å². The van der Waals surface area contributed by atoms with E-state index in [0.717, 1.165) is 42.6 Å². The van der Waals surface area contributed by atoms with Crippen LogP contribution in [-0.2, 0) is 11.3 Å². The van der Waals surface area contributed by atoms with Crippen LogP contribution in [0.1, 0.15) is 21.8 Å². The predicted octanol–water partition coefficient (Wildman–Crippen LogP) is 6.75. The number of rotatable bonds is 4. The first-order valence-corrected chi connectivity index (χ1v) is 10.9. The van der Waals surface area contributed by atoms with Crippen LogP contribution in [0.5, 0.6) is 0 Å². The molecule has 0 atom stereocenters. The van der Waals surface area contributed by atoms with Gasteiger partial charge in [-0.1, -0.05) is 35.1 Å². The number of hydrogen-bond acceptors (Lipinski definition) is 6. The number of fused-ring (bicyclic) bond motifs is 1. The zero-order valence-corrected chi connectivity index (χ0v) is 18.5. The van der Waals surface area contributed by atoms with Gasteiger partial charge in [0.15, 0.2) is 0 Å². The monoisotopic (exact) mass is 443 g/mol. The van der Waals surface area contributed by atoms with Crippen molar-refractivity contribution >= 4 is 55.6 Å². The van der Waals surface area contributed by atoms with Crippen molar-refractivity contribution in [2.75, 3.05) is 5.32 Å². The predicted molar refractivity (Wildman–Crippen MR) is 120 cm³/mol.